The fourth-order valence-corrected chi connectivity index (χ4v) is 9.92. The number of benzene rings is 1. The molecule has 1 aromatic carbocycles. The second-order valence-electron chi connectivity index (χ2n) is 6.20. The van der Waals surface area contributed by atoms with Gasteiger partial charge < -0.3 is 0 Å². The molecule has 0 spiro atoms. The van der Waals surface area contributed by atoms with Crippen LogP contribution in [0.2, 0.25) is 0 Å². The van der Waals surface area contributed by atoms with Gasteiger partial charge in [0, 0.05) is 0 Å². The summed E-state index contributed by atoms with van der Waals surface area (Å²) in [7, 11) is 13.0. The van der Waals surface area contributed by atoms with Crippen molar-refractivity contribution in [1.82, 2.24) is 0 Å². The molecule has 107 valence electrons. The Hall–Kier alpha value is -0.0969. The van der Waals surface area contributed by atoms with Crippen LogP contribution in [0.15, 0.2) is 29.9 Å². The average Bonchev–Trinajstić information content (AvgIpc) is 3.03. The third-order valence-electron chi connectivity index (χ3n) is 5.22. The summed E-state index contributed by atoms with van der Waals surface area (Å²) >= 11 is -2.35. The van der Waals surface area contributed by atoms with Crippen molar-refractivity contribution >= 4 is 28.2 Å². The molecule has 1 atom stereocenters. The zero-order valence-electron chi connectivity index (χ0n) is 12.3. The molecule has 0 aliphatic heterocycles. The Morgan fingerprint density at radius 3 is 2.67 bits per heavy atom. The summed E-state index contributed by atoms with van der Waals surface area (Å²) in [6, 6.07) is 2.42. The Labute approximate surface area is 141 Å². The Morgan fingerprint density at radius 1 is 1.19 bits per heavy atom. The van der Waals surface area contributed by atoms with Crippen molar-refractivity contribution in [2.75, 3.05) is 0 Å². The SMILES string of the molecule is CC1=C2CCc3c(C4=CC=CC4)cc(c2c3C)[CH]1[Zr]([Cl])[Cl]. The summed E-state index contributed by atoms with van der Waals surface area (Å²) in [5, 5.41) is 0. The molecule has 0 heterocycles. The predicted molar refractivity (Wildman–Crippen MR) is 88.3 cm³/mol. The van der Waals surface area contributed by atoms with E-state index in [0.717, 1.165) is 19.3 Å². The first kappa shape index (κ1) is 14.5. The van der Waals surface area contributed by atoms with E-state index in [0.29, 0.717) is 3.63 Å². The summed E-state index contributed by atoms with van der Waals surface area (Å²) in [4.78, 5) is 0. The van der Waals surface area contributed by atoms with Crippen LogP contribution in [0.4, 0.5) is 0 Å². The summed E-state index contributed by atoms with van der Waals surface area (Å²) in [6.45, 7) is 4.55. The van der Waals surface area contributed by atoms with E-state index in [9.17, 15) is 0 Å². The fraction of sp³-hybridized carbons (Fsp3) is 0.333. The normalized spacial score (nSPS) is 22.1. The summed E-state index contributed by atoms with van der Waals surface area (Å²) in [5.74, 6) is 0. The van der Waals surface area contributed by atoms with Crippen LogP contribution in [0.25, 0.3) is 11.1 Å². The molecule has 1 unspecified atom stereocenters. The van der Waals surface area contributed by atoms with E-state index in [-0.39, 0.29) is 0 Å². The van der Waals surface area contributed by atoms with Crippen LogP contribution < -0.4 is 0 Å². The van der Waals surface area contributed by atoms with Crippen LogP contribution in [0, 0.1) is 6.92 Å². The third kappa shape index (κ3) is 2.04. The van der Waals surface area contributed by atoms with Crippen molar-refractivity contribution in [3.05, 3.63) is 57.7 Å². The van der Waals surface area contributed by atoms with Crippen molar-refractivity contribution in [3.8, 4) is 0 Å². The number of allylic oxidation sites excluding steroid dienone is 6. The van der Waals surface area contributed by atoms with Gasteiger partial charge in [0.1, 0.15) is 0 Å². The van der Waals surface area contributed by atoms with Crippen molar-refractivity contribution in [1.29, 1.82) is 0 Å². The molecule has 4 rings (SSSR count). The van der Waals surface area contributed by atoms with Crippen LogP contribution in [-0.2, 0) is 25.8 Å². The molecule has 0 amide bonds. The van der Waals surface area contributed by atoms with Crippen LogP contribution in [0.5, 0.6) is 0 Å². The Kier molecular flexibility index (Phi) is 3.60. The first-order valence-electron chi connectivity index (χ1n) is 7.50. The molecule has 1 aromatic rings. The van der Waals surface area contributed by atoms with E-state index >= 15 is 0 Å². The van der Waals surface area contributed by atoms with Crippen molar-refractivity contribution in [2.45, 2.75) is 36.7 Å². The number of rotatable bonds is 2. The van der Waals surface area contributed by atoms with Gasteiger partial charge in [-0.05, 0) is 0 Å². The second-order valence-corrected chi connectivity index (χ2v) is 15.0. The molecule has 0 saturated carbocycles. The minimum absolute atomic E-state index is 0.361. The number of halogens is 2. The quantitative estimate of drug-likeness (QED) is 0.573. The summed E-state index contributed by atoms with van der Waals surface area (Å²) in [6.07, 6.45) is 10.1. The van der Waals surface area contributed by atoms with Gasteiger partial charge in [0.25, 0.3) is 0 Å². The standard InChI is InChI=1S/C18H17.2ClH.Zr/c1-11-9-14-10-17(13-5-3-4-6-13)16-8-7-15(11)18(14)12(16)2;;;/h3-5,9-10H,6-8H2,1-2H3;2*1H;/q;;;+2/p-2. The Morgan fingerprint density at radius 2 is 2.00 bits per heavy atom. The molecule has 0 fully saturated rings. The van der Waals surface area contributed by atoms with Crippen molar-refractivity contribution in [2.24, 2.45) is 0 Å². The topological polar surface area (TPSA) is 0 Å². The maximum atomic E-state index is 6.51. The van der Waals surface area contributed by atoms with Gasteiger partial charge in [0.2, 0.25) is 0 Å². The van der Waals surface area contributed by atoms with Crippen LogP contribution in [0.1, 0.15) is 51.2 Å². The zero-order chi connectivity index (χ0) is 14.7. The van der Waals surface area contributed by atoms with Crippen molar-refractivity contribution < 1.29 is 19.4 Å². The van der Waals surface area contributed by atoms with Gasteiger partial charge in [-0.3, -0.25) is 0 Å². The Bertz CT molecular complexity index is 738. The minimum atomic E-state index is -2.35. The molecule has 3 aliphatic carbocycles. The van der Waals surface area contributed by atoms with Gasteiger partial charge in [-0.15, -0.1) is 0 Å². The fourth-order valence-electron chi connectivity index (χ4n) is 4.23. The van der Waals surface area contributed by atoms with E-state index in [4.69, 9.17) is 17.0 Å². The third-order valence-corrected chi connectivity index (χ3v) is 10.7. The van der Waals surface area contributed by atoms with Gasteiger partial charge in [-0.1, -0.05) is 0 Å². The summed E-state index contributed by atoms with van der Waals surface area (Å²) < 4.78 is 0.361. The van der Waals surface area contributed by atoms with Crippen LogP contribution >= 0.6 is 17.0 Å². The molecule has 0 saturated heterocycles. The van der Waals surface area contributed by atoms with E-state index < -0.39 is 19.4 Å². The molecule has 3 heteroatoms. The van der Waals surface area contributed by atoms with Gasteiger partial charge in [0.05, 0.1) is 0 Å². The molecular weight excluding hydrogens is 378 g/mol. The van der Waals surface area contributed by atoms with Crippen LogP contribution in [-0.4, -0.2) is 0 Å². The van der Waals surface area contributed by atoms with Gasteiger partial charge in [-0.25, -0.2) is 0 Å². The molecular formula is C18H17Cl2Zr. The predicted octanol–water partition coefficient (Wildman–Crippen LogP) is 6.04. The molecule has 0 nitrogen and oxygen atoms in total. The molecule has 2 bridgehead atoms. The second kappa shape index (κ2) is 5.22. The van der Waals surface area contributed by atoms with E-state index in [1.165, 1.54) is 33.4 Å². The molecule has 0 N–H and O–H groups in total. The van der Waals surface area contributed by atoms with E-state index in [1.807, 2.05) is 0 Å². The van der Waals surface area contributed by atoms with Gasteiger partial charge in [0.15, 0.2) is 0 Å². The number of hydrogen-bond donors (Lipinski definition) is 0. The zero-order valence-corrected chi connectivity index (χ0v) is 16.2. The number of hydrogen-bond acceptors (Lipinski definition) is 0. The van der Waals surface area contributed by atoms with E-state index in [2.05, 4.69) is 38.1 Å². The maximum absolute atomic E-state index is 6.51. The monoisotopic (exact) mass is 393 g/mol. The molecule has 21 heavy (non-hydrogen) atoms. The van der Waals surface area contributed by atoms with E-state index in [1.54, 1.807) is 11.1 Å². The van der Waals surface area contributed by atoms with Gasteiger partial charge in [-0.2, -0.15) is 0 Å². The first-order valence-corrected chi connectivity index (χ1v) is 15.2. The van der Waals surface area contributed by atoms with Gasteiger partial charge >= 0.3 is 142 Å². The average molecular weight is 395 g/mol. The summed E-state index contributed by atoms with van der Waals surface area (Å²) in [5.41, 5.74) is 11.9. The molecule has 0 aromatic heterocycles. The van der Waals surface area contributed by atoms with Crippen molar-refractivity contribution in [3.63, 3.8) is 0 Å². The molecule has 0 radical (unpaired) electrons. The Balaban J connectivity index is 1.98. The number of fused-ring (bicyclic) bond motifs is 1. The first-order chi connectivity index (χ1) is 10.1. The van der Waals surface area contributed by atoms with Crippen LogP contribution in [0.3, 0.4) is 0 Å². The molecule has 3 aliphatic rings.